The Morgan fingerprint density at radius 2 is 1.85 bits per heavy atom. The molecule has 5 rings (SSSR count). The largest absolute Gasteiger partial charge is 0.492 e. The summed E-state index contributed by atoms with van der Waals surface area (Å²) in [4.78, 5) is 12.9. The number of hydrogen-bond donors (Lipinski definition) is 3. The third-order valence-electron chi connectivity index (χ3n) is 6.71. The molecule has 1 aliphatic carbocycles. The minimum atomic E-state index is -5.08. The summed E-state index contributed by atoms with van der Waals surface area (Å²) in [6.07, 6.45) is 1.41. The Morgan fingerprint density at radius 3 is 2.45 bits per heavy atom. The minimum Gasteiger partial charge on any atom is -0.492 e. The van der Waals surface area contributed by atoms with Crippen molar-refractivity contribution >= 4 is 16.0 Å². The van der Waals surface area contributed by atoms with Gasteiger partial charge in [-0.1, -0.05) is 42.5 Å². The lowest BCUT2D eigenvalue weighted by Crippen LogP contribution is -2.44. The average Bonchev–Trinajstić information content (AvgIpc) is 3.64. The number of halogens is 3. The van der Waals surface area contributed by atoms with Crippen LogP contribution in [0.1, 0.15) is 35.4 Å². The number of carboxylic acids is 1. The smallest absolute Gasteiger partial charge is 0.490 e. The van der Waals surface area contributed by atoms with Gasteiger partial charge in [0.15, 0.2) is 5.03 Å². The molecule has 0 unspecified atom stereocenters. The van der Waals surface area contributed by atoms with Crippen molar-refractivity contribution in [2.45, 2.75) is 49.0 Å². The van der Waals surface area contributed by atoms with E-state index in [-0.39, 0.29) is 23.5 Å². The maximum atomic E-state index is 12.6. The first-order chi connectivity index (χ1) is 18.9. The lowest BCUT2D eigenvalue weighted by molar-refractivity contribution is -0.192. The summed E-state index contributed by atoms with van der Waals surface area (Å²) in [7, 11) is -1.92. The molecule has 0 bridgehead atoms. The highest BCUT2D eigenvalue weighted by molar-refractivity contribution is 7.89. The summed E-state index contributed by atoms with van der Waals surface area (Å²) >= 11 is 0. The van der Waals surface area contributed by atoms with Crippen molar-refractivity contribution in [1.29, 1.82) is 0 Å². The number of ether oxygens (including phenoxy) is 1. The SMILES string of the molecule is Cn1cnc(S(=O)(=O)NCc2ccc3c(c2)[C@@H](Cc2ccccc2)[C@@H](NCC2CC2)CO3)c1.O=C(O)C(F)(F)F. The van der Waals surface area contributed by atoms with Gasteiger partial charge in [-0.2, -0.15) is 13.2 Å². The Labute approximate surface area is 230 Å². The van der Waals surface area contributed by atoms with Crippen molar-refractivity contribution in [1.82, 2.24) is 19.6 Å². The van der Waals surface area contributed by atoms with E-state index in [1.54, 1.807) is 11.6 Å². The Balaban J connectivity index is 0.000000470. The van der Waals surface area contributed by atoms with Crippen LogP contribution in [0.15, 0.2) is 66.1 Å². The van der Waals surface area contributed by atoms with Gasteiger partial charge in [-0.15, -0.1) is 0 Å². The van der Waals surface area contributed by atoms with E-state index in [2.05, 4.69) is 45.4 Å². The fourth-order valence-electron chi connectivity index (χ4n) is 4.38. The third-order valence-corrected chi connectivity index (χ3v) is 7.99. The van der Waals surface area contributed by atoms with E-state index in [4.69, 9.17) is 14.6 Å². The van der Waals surface area contributed by atoms with Gasteiger partial charge in [0.25, 0.3) is 10.0 Å². The first-order valence-corrected chi connectivity index (χ1v) is 14.2. The molecule has 3 aromatic rings. The number of carbonyl (C=O) groups is 1. The van der Waals surface area contributed by atoms with Crippen LogP contribution in [0.25, 0.3) is 0 Å². The van der Waals surface area contributed by atoms with Crippen LogP contribution < -0.4 is 14.8 Å². The summed E-state index contributed by atoms with van der Waals surface area (Å²) in [6.45, 7) is 1.87. The topological polar surface area (TPSA) is 123 Å². The highest BCUT2D eigenvalue weighted by Crippen LogP contribution is 2.37. The van der Waals surface area contributed by atoms with Crippen LogP contribution in [0.2, 0.25) is 0 Å². The molecule has 0 amide bonds. The monoisotopic (exact) mass is 580 g/mol. The molecule has 0 spiro atoms. The van der Waals surface area contributed by atoms with Crippen LogP contribution in [0.3, 0.4) is 0 Å². The van der Waals surface area contributed by atoms with Gasteiger partial charge in [0.2, 0.25) is 0 Å². The summed E-state index contributed by atoms with van der Waals surface area (Å²) in [5, 5.41) is 10.9. The van der Waals surface area contributed by atoms with Gasteiger partial charge >= 0.3 is 12.1 Å². The molecule has 1 fully saturated rings. The molecule has 0 radical (unpaired) electrons. The van der Waals surface area contributed by atoms with E-state index in [1.165, 1.54) is 30.9 Å². The number of hydrogen-bond acceptors (Lipinski definition) is 6. The van der Waals surface area contributed by atoms with Gasteiger partial charge in [0.1, 0.15) is 12.4 Å². The predicted octanol–water partition coefficient (Wildman–Crippen LogP) is 3.62. The van der Waals surface area contributed by atoms with Gasteiger partial charge in [0, 0.05) is 31.7 Å². The molecule has 2 aromatic carbocycles. The Hall–Kier alpha value is -3.42. The first kappa shape index (κ1) is 29.6. The van der Waals surface area contributed by atoms with E-state index in [0.29, 0.717) is 6.61 Å². The zero-order valence-corrected chi connectivity index (χ0v) is 22.6. The van der Waals surface area contributed by atoms with Gasteiger partial charge in [0.05, 0.1) is 6.33 Å². The molecule has 0 saturated heterocycles. The maximum Gasteiger partial charge on any atom is 0.490 e. The lowest BCUT2D eigenvalue weighted by atomic mass is 9.83. The van der Waals surface area contributed by atoms with Crippen molar-refractivity contribution in [3.05, 3.63) is 77.7 Å². The Kier molecular flexibility index (Phi) is 9.16. The number of rotatable bonds is 9. The zero-order chi connectivity index (χ0) is 28.9. The van der Waals surface area contributed by atoms with Crippen molar-refractivity contribution in [2.75, 3.05) is 13.2 Å². The van der Waals surface area contributed by atoms with E-state index in [1.807, 2.05) is 18.2 Å². The summed E-state index contributed by atoms with van der Waals surface area (Å²) in [6, 6.07) is 16.7. The third kappa shape index (κ3) is 8.05. The Bertz CT molecular complexity index is 1410. The number of fused-ring (bicyclic) bond motifs is 1. The quantitative estimate of drug-likeness (QED) is 0.353. The minimum absolute atomic E-state index is 0.0255. The fourth-order valence-corrected chi connectivity index (χ4v) is 5.38. The molecular weight excluding hydrogens is 549 g/mol. The van der Waals surface area contributed by atoms with Crippen LogP contribution in [0.5, 0.6) is 5.75 Å². The summed E-state index contributed by atoms with van der Waals surface area (Å²) in [5.74, 6) is -0.831. The average molecular weight is 581 g/mol. The maximum absolute atomic E-state index is 12.6. The van der Waals surface area contributed by atoms with E-state index in [0.717, 1.165) is 35.8 Å². The molecule has 2 heterocycles. The molecule has 13 heteroatoms. The van der Waals surface area contributed by atoms with Crippen LogP contribution in [-0.4, -0.2) is 54.4 Å². The van der Waals surface area contributed by atoms with Crippen LogP contribution in [0, 0.1) is 5.92 Å². The number of sulfonamides is 1. The normalized spacial score (nSPS) is 18.7. The van der Waals surface area contributed by atoms with Gasteiger partial charge in [-0.25, -0.2) is 22.9 Å². The molecular formula is C27H31F3N4O5S. The number of imidazole rings is 1. The Morgan fingerprint density at radius 1 is 1.15 bits per heavy atom. The van der Waals surface area contributed by atoms with E-state index in [9.17, 15) is 21.6 Å². The molecule has 2 atom stereocenters. The molecule has 3 N–H and O–H groups in total. The van der Waals surface area contributed by atoms with Crippen molar-refractivity contribution in [2.24, 2.45) is 13.0 Å². The van der Waals surface area contributed by atoms with Gasteiger partial charge in [-0.05, 0) is 54.5 Å². The number of carboxylic acid groups (broad SMARTS) is 1. The number of nitrogens with one attached hydrogen (secondary N) is 2. The number of nitrogens with zero attached hydrogens (tertiary/aromatic N) is 2. The predicted molar refractivity (Wildman–Crippen MR) is 140 cm³/mol. The molecule has 9 nitrogen and oxygen atoms in total. The number of benzene rings is 2. The fraction of sp³-hybridized carbons (Fsp3) is 0.407. The highest BCUT2D eigenvalue weighted by atomic mass is 32.2. The number of aromatic nitrogens is 2. The van der Waals surface area contributed by atoms with Crippen molar-refractivity contribution in [3.63, 3.8) is 0 Å². The van der Waals surface area contributed by atoms with Crippen LogP contribution in [-0.2, 0) is 34.8 Å². The van der Waals surface area contributed by atoms with Crippen molar-refractivity contribution in [3.8, 4) is 5.75 Å². The lowest BCUT2D eigenvalue weighted by Gasteiger charge is -2.35. The first-order valence-electron chi connectivity index (χ1n) is 12.7. The molecule has 40 heavy (non-hydrogen) atoms. The van der Waals surface area contributed by atoms with Gasteiger partial charge in [-0.3, -0.25) is 0 Å². The second kappa shape index (κ2) is 12.4. The zero-order valence-electron chi connectivity index (χ0n) is 21.8. The summed E-state index contributed by atoms with van der Waals surface area (Å²) < 4.78 is 67.3. The van der Waals surface area contributed by atoms with E-state index >= 15 is 0 Å². The van der Waals surface area contributed by atoms with Crippen LogP contribution >= 0.6 is 0 Å². The summed E-state index contributed by atoms with van der Waals surface area (Å²) in [5.41, 5.74) is 3.32. The molecule has 1 saturated carbocycles. The van der Waals surface area contributed by atoms with Gasteiger partial charge < -0.3 is 19.7 Å². The molecule has 1 aromatic heterocycles. The molecule has 216 valence electrons. The van der Waals surface area contributed by atoms with Crippen molar-refractivity contribution < 1.29 is 36.2 Å². The second-order valence-corrected chi connectivity index (χ2v) is 11.7. The number of aliphatic carboxylic acids is 1. The second-order valence-electron chi connectivity index (χ2n) is 9.94. The molecule has 1 aliphatic heterocycles. The van der Waals surface area contributed by atoms with Crippen LogP contribution in [0.4, 0.5) is 13.2 Å². The van der Waals surface area contributed by atoms with E-state index < -0.39 is 22.2 Å². The molecule has 2 aliphatic rings. The number of alkyl halides is 3. The number of aryl methyl sites for hydroxylation is 1. The standard InChI is InChI=1S/C25H30N4O3S.C2HF3O2/c1-29-15-25(27-17-29)33(30,31)28-14-20-9-10-24-22(12-20)21(11-18-5-3-2-4-6-18)23(16-32-24)26-13-19-7-8-19;3-2(4,5)1(6)7/h2-6,9-10,12,15,17,19,21,23,26,28H,7-8,11,13-14,16H2,1H3;(H,6,7)/t21-,23+;/m1./s1. The highest BCUT2D eigenvalue weighted by Gasteiger charge is 2.38.